The van der Waals surface area contributed by atoms with Gasteiger partial charge in [0.15, 0.2) is 0 Å². The van der Waals surface area contributed by atoms with Gasteiger partial charge in [0.25, 0.3) is 0 Å². The summed E-state index contributed by atoms with van der Waals surface area (Å²) in [6.45, 7) is 0. The van der Waals surface area contributed by atoms with E-state index in [9.17, 15) is 0 Å². The molecule has 0 amide bonds. The molecule has 0 fully saturated rings. The van der Waals surface area contributed by atoms with Crippen LogP contribution in [0.3, 0.4) is 0 Å². The molecular weight excluding hydrogens is 405 g/mol. The van der Waals surface area contributed by atoms with E-state index < -0.39 is 0 Å². The molecule has 0 aliphatic carbocycles. The molecule has 5 heavy (non-hydrogen) atoms. The normalized spacial score (nSPS) is 0.600. The quantitative estimate of drug-likeness (QED) is 0.514. The van der Waals surface area contributed by atoms with Crippen molar-refractivity contribution in [3.63, 3.8) is 0 Å². The summed E-state index contributed by atoms with van der Waals surface area (Å²) < 4.78 is 8.19. The Morgan fingerprint density at radius 3 is 1.20 bits per heavy atom. The van der Waals surface area contributed by atoms with E-state index in [0.717, 1.165) is 17.4 Å². The molecule has 0 spiro atoms. The summed E-state index contributed by atoms with van der Waals surface area (Å²) in [5.41, 5.74) is 0. The van der Waals surface area contributed by atoms with Crippen LogP contribution in [0, 0.1) is 0 Å². The van der Waals surface area contributed by atoms with Crippen molar-refractivity contribution in [1.29, 1.82) is 0 Å². The predicted octanol–water partition coefficient (Wildman–Crippen LogP) is -0.129. The molecule has 0 aromatic rings. The Hall–Kier alpha value is 2.25. The van der Waals surface area contributed by atoms with Crippen LogP contribution < -0.4 is 0 Å². The van der Waals surface area contributed by atoms with Crippen LogP contribution in [0.2, 0.25) is 0 Å². The molecule has 0 saturated heterocycles. The van der Waals surface area contributed by atoms with Gasteiger partial charge >= 0.3 is 21.0 Å². The molecule has 1 nitrogen and oxygen atoms in total. The van der Waals surface area contributed by atoms with Crippen LogP contribution in [-0.2, 0) is 79.7 Å². The van der Waals surface area contributed by atoms with Crippen molar-refractivity contribution in [2.75, 3.05) is 0 Å². The van der Waals surface area contributed by atoms with E-state index in [1.165, 1.54) is 0 Å². The molecular formula is MoNiOVW. The number of hydrogen-bond acceptors (Lipinski definition) is 1. The molecule has 0 saturated carbocycles. The number of rotatable bonds is 0. The van der Waals surface area contributed by atoms with Crippen LogP contribution in [0.1, 0.15) is 0 Å². The Morgan fingerprint density at radius 2 is 1.20 bits per heavy atom. The second kappa shape index (κ2) is 34.0. The summed E-state index contributed by atoms with van der Waals surface area (Å²) in [7, 11) is 0. The molecule has 33 valence electrons. The van der Waals surface area contributed by atoms with Gasteiger partial charge in [-0.1, -0.05) is 0 Å². The summed E-state index contributed by atoms with van der Waals surface area (Å²) in [6.07, 6.45) is 0. The van der Waals surface area contributed by atoms with Crippen molar-refractivity contribution in [3.8, 4) is 0 Å². The molecule has 0 aromatic carbocycles. The van der Waals surface area contributed by atoms with E-state index in [2.05, 4.69) is 0 Å². The SMILES string of the molecule is [Mo].[Ni].[O]=[V].[W]. The fourth-order valence-electron chi connectivity index (χ4n) is 0. The van der Waals surface area contributed by atoms with E-state index in [1.807, 2.05) is 0 Å². The maximum atomic E-state index is 8.19. The summed E-state index contributed by atoms with van der Waals surface area (Å²) in [6, 6.07) is 0. The van der Waals surface area contributed by atoms with Gasteiger partial charge in [0.1, 0.15) is 0 Å². The van der Waals surface area contributed by atoms with Gasteiger partial charge in [0.2, 0.25) is 0 Å². The molecule has 0 radical (unpaired) electrons. The second-order valence-electron chi connectivity index (χ2n) is 0. The molecule has 0 unspecified atom stereocenters. The van der Waals surface area contributed by atoms with Gasteiger partial charge in [-0.05, 0) is 0 Å². The monoisotopic (exact) mass is 407 g/mol. The Labute approximate surface area is 78.7 Å². The molecule has 0 heterocycles. The van der Waals surface area contributed by atoms with Crippen LogP contribution in [0.25, 0.3) is 0 Å². The maximum absolute atomic E-state index is 8.19. The largest absolute Gasteiger partial charge is 0 e. The summed E-state index contributed by atoms with van der Waals surface area (Å²) >= 11 is 1.06. The third kappa shape index (κ3) is 22.3. The molecule has 5 heteroatoms. The Kier molecular flexibility index (Phi) is 182. The van der Waals surface area contributed by atoms with Gasteiger partial charge in [0, 0.05) is 58.6 Å². The second-order valence-corrected chi connectivity index (χ2v) is 0. The van der Waals surface area contributed by atoms with E-state index in [-0.39, 0.29) is 58.6 Å². The molecule has 0 atom stereocenters. The average Bonchev–Trinajstić information content (AvgIpc) is 1.00. The smallest absolute Gasteiger partial charge is 0 e. The first-order valence-electron chi connectivity index (χ1n) is 0.183. The molecule has 0 aromatic heterocycles. The van der Waals surface area contributed by atoms with E-state index >= 15 is 0 Å². The van der Waals surface area contributed by atoms with Crippen LogP contribution in [0.4, 0.5) is 0 Å². The minimum Gasteiger partial charge on any atom is 0 e. The topological polar surface area (TPSA) is 17.1 Å². The van der Waals surface area contributed by atoms with E-state index in [4.69, 9.17) is 3.67 Å². The van der Waals surface area contributed by atoms with Gasteiger partial charge in [-0.25, -0.2) is 0 Å². The molecule has 0 aliphatic rings. The van der Waals surface area contributed by atoms with Gasteiger partial charge in [-0.2, -0.15) is 0 Å². The van der Waals surface area contributed by atoms with Crippen LogP contribution in [0.15, 0.2) is 0 Å². The standard InChI is InChI=1S/Mo.Ni.O.V.W. The summed E-state index contributed by atoms with van der Waals surface area (Å²) in [4.78, 5) is 0. The van der Waals surface area contributed by atoms with Crippen LogP contribution >= 0.6 is 0 Å². The van der Waals surface area contributed by atoms with Crippen molar-refractivity contribution < 1.29 is 79.7 Å². The fraction of sp³-hybridized carbons (Fsp3) is 0. The van der Waals surface area contributed by atoms with Crippen LogP contribution in [0.5, 0.6) is 0 Å². The Balaban J connectivity index is -0.00000000167. The van der Waals surface area contributed by atoms with Crippen molar-refractivity contribution in [2.45, 2.75) is 0 Å². The first-order chi connectivity index (χ1) is 1.00. The minimum atomic E-state index is 0. The van der Waals surface area contributed by atoms with Gasteiger partial charge in [-0.3, -0.25) is 0 Å². The van der Waals surface area contributed by atoms with Crippen LogP contribution in [-0.4, -0.2) is 0 Å². The Bertz CT molecular complexity index is 11.6. The van der Waals surface area contributed by atoms with Crippen molar-refractivity contribution in [3.05, 3.63) is 0 Å². The van der Waals surface area contributed by atoms with E-state index in [0.29, 0.717) is 0 Å². The molecule has 0 aliphatic heterocycles. The predicted molar refractivity (Wildman–Crippen MR) is 0.686 cm³/mol. The zero-order chi connectivity index (χ0) is 2.00. The third-order valence-electron chi connectivity index (χ3n) is 0. The first kappa shape index (κ1) is 26.8. The maximum Gasteiger partial charge on any atom is 0 e. The van der Waals surface area contributed by atoms with Crippen molar-refractivity contribution in [1.82, 2.24) is 0 Å². The Morgan fingerprint density at radius 1 is 1.20 bits per heavy atom. The zero-order valence-corrected chi connectivity index (χ0v) is 9.31. The molecule has 0 bridgehead atoms. The van der Waals surface area contributed by atoms with Gasteiger partial charge in [0.05, 0.1) is 0 Å². The van der Waals surface area contributed by atoms with E-state index in [1.54, 1.807) is 0 Å². The molecule has 0 N–H and O–H groups in total. The first-order valence-corrected chi connectivity index (χ1v) is 0.753. The zero-order valence-electron chi connectivity index (χ0n) is 1.99. The number of hydrogen-bond donors (Lipinski definition) is 0. The average molecular weight is 405 g/mol. The minimum absolute atomic E-state index is 0. The molecule has 0 rings (SSSR count). The van der Waals surface area contributed by atoms with Crippen molar-refractivity contribution >= 4 is 0 Å². The van der Waals surface area contributed by atoms with Crippen molar-refractivity contribution in [2.24, 2.45) is 0 Å². The fourth-order valence-corrected chi connectivity index (χ4v) is 0. The third-order valence-corrected chi connectivity index (χ3v) is 0. The van der Waals surface area contributed by atoms with Gasteiger partial charge in [-0.15, -0.1) is 0 Å². The summed E-state index contributed by atoms with van der Waals surface area (Å²) in [5.74, 6) is 0. The summed E-state index contributed by atoms with van der Waals surface area (Å²) in [5, 5.41) is 0. The van der Waals surface area contributed by atoms with Gasteiger partial charge < -0.3 is 0 Å².